The molecule has 0 rings (SSSR count). The molecule has 0 aromatic heterocycles. The van der Waals surface area contributed by atoms with Crippen LogP contribution >= 0.6 is 0 Å². The van der Waals surface area contributed by atoms with Gasteiger partial charge in [-0.3, -0.25) is 0 Å². The summed E-state index contributed by atoms with van der Waals surface area (Å²) in [4.78, 5) is 0. The van der Waals surface area contributed by atoms with Gasteiger partial charge in [-0.05, 0) is 25.3 Å². The molecule has 0 heterocycles. The fourth-order valence-corrected chi connectivity index (χ4v) is 1.09. The van der Waals surface area contributed by atoms with E-state index in [4.69, 9.17) is 0 Å². The molecule has 1 heteroatoms. The topological polar surface area (TPSA) is 12.0 Å². The van der Waals surface area contributed by atoms with Crippen molar-refractivity contribution < 1.29 is 0 Å². The molecule has 3 atom stereocenters. The van der Waals surface area contributed by atoms with Gasteiger partial charge in [0.15, 0.2) is 0 Å². The Morgan fingerprint density at radius 2 is 1.58 bits per heavy atom. The summed E-state index contributed by atoms with van der Waals surface area (Å²) >= 11 is 0. The molecule has 0 aliphatic rings. The standard InChI is InChI=1S/C11H25N/c1-6-9(3)8-12-11(5)10(4)7-2/h9-12H,6-8H2,1-5H3/t9-,10?,11?/m0/s1. The van der Waals surface area contributed by atoms with Crippen molar-refractivity contribution in [3.63, 3.8) is 0 Å². The molecule has 0 saturated carbocycles. The van der Waals surface area contributed by atoms with Gasteiger partial charge in [-0.1, -0.05) is 40.5 Å². The van der Waals surface area contributed by atoms with Gasteiger partial charge in [0, 0.05) is 6.04 Å². The predicted molar refractivity (Wildman–Crippen MR) is 56.4 cm³/mol. The molecule has 0 aliphatic carbocycles. The van der Waals surface area contributed by atoms with E-state index in [1.165, 1.54) is 19.4 Å². The average molecular weight is 171 g/mol. The van der Waals surface area contributed by atoms with Crippen molar-refractivity contribution in [3.05, 3.63) is 0 Å². The average Bonchev–Trinajstić information content (AvgIpc) is 2.11. The van der Waals surface area contributed by atoms with Crippen molar-refractivity contribution >= 4 is 0 Å². The van der Waals surface area contributed by atoms with Crippen molar-refractivity contribution in [3.8, 4) is 0 Å². The molecule has 0 aromatic carbocycles. The van der Waals surface area contributed by atoms with Crippen LogP contribution in [0, 0.1) is 11.8 Å². The summed E-state index contributed by atoms with van der Waals surface area (Å²) in [6.07, 6.45) is 2.55. The van der Waals surface area contributed by atoms with Gasteiger partial charge < -0.3 is 5.32 Å². The van der Waals surface area contributed by atoms with Crippen molar-refractivity contribution in [1.29, 1.82) is 0 Å². The zero-order chi connectivity index (χ0) is 9.56. The summed E-state index contributed by atoms with van der Waals surface area (Å²) in [5, 5.41) is 3.58. The van der Waals surface area contributed by atoms with Gasteiger partial charge in [0.25, 0.3) is 0 Å². The maximum absolute atomic E-state index is 3.58. The minimum absolute atomic E-state index is 0.670. The second kappa shape index (κ2) is 6.47. The predicted octanol–water partition coefficient (Wildman–Crippen LogP) is 3.06. The lowest BCUT2D eigenvalue weighted by atomic mass is 10.00. The molecule has 0 aromatic rings. The Balaban J connectivity index is 3.49. The lowest BCUT2D eigenvalue weighted by molar-refractivity contribution is 0.362. The SMILES string of the molecule is CCC(C)C(C)NC[C@@H](C)CC. The Bertz CT molecular complexity index is 101. The van der Waals surface area contributed by atoms with Gasteiger partial charge in [-0.15, -0.1) is 0 Å². The molecule has 0 radical (unpaired) electrons. The summed E-state index contributed by atoms with van der Waals surface area (Å²) in [5.74, 6) is 1.62. The van der Waals surface area contributed by atoms with Gasteiger partial charge in [0.1, 0.15) is 0 Å². The van der Waals surface area contributed by atoms with Crippen LogP contribution in [-0.2, 0) is 0 Å². The third-order valence-electron chi connectivity index (χ3n) is 2.98. The van der Waals surface area contributed by atoms with Crippen molar-refractivity contribution in [1.82, 2.24) is 5.32 Å². The molecule has 1 N–H and O–H groups in total. The lowest BCUT2D eigenvalue weighted by Crippen LogP contribution is -2.34. The lowest BCUT2D eigenvalue weighted by Gasteiger charge is -2.21. The minimum atomic E-state index is 0.670. The first kappa shape index (κ1) is 12.0. The molecular weight excluding hydrogens is 146 g/mol. The summed E-state index contributed by atoms with van der Waals surface area (Å²) in [6, 6.07) is 0.670. The molecule has 74 valence electrons. The van der Waals surface area contributed by atoms with E-state index in [1.54, 1.807) is 0 Å². The van der Waals surface area contributed by atoms with Crippen molar-refractivity contribution in [2.45, 2.75) is 53.5 Å². The molecule has 1 nitrogen and oxygen atoms in total. The smallest absolute Gasteiger partial charge is 0.00643 e. The first-order chi connectivity index (χ1) is 5.61. The zero-order valence-electron chi connectivity index (χ0n) is 9.35. The van der Waals surface area contributed by atoms with E-state index in [-0.39, 0.29) is 0 Å². The van der Waals surface area contributed by atoms with Gasteiger partial charge >= 0.3 is 0 Å². The summed E-state index contributed by atoms with van der Waals surface area (Å²) in [6.45, 7) is 12.6. The van der Waals surface area contributed by atoms with Crippen LogP contribution < -0.4 is 5.32 Å². The number of hydrogen-bond donors (Lipinski definition) is 1. The maximum atomic E-state index is 3.58. The molecule has 0 spiro atoms. The highest BCUT2D eigenvalue weighted by atomic mass is 14.9. The molecule has 0 saturated heterocycles. The molecule has 0 amide bonds. The Labute approximate surface area is 77.9 Å². The quantitative estimate of drug-likeness (QED) is 0.647. The number of hydrogen-bond acceptors (Lipinski definition) is 1. The van der Waals surface area contributed by atoms with E-state index in [1.807, 2.05) is 0 Å². The van der Waals surface area contributed by atoms with E-state index in [9.17, 15) is 0 Å². The van der Waals surface area contributed by atoms with Crippen LogP contribution in [0.2, 0.25) is 0 Å². The third kappa shape index (κ3) is 4.76. The summed E-state index contributed by atoms with van der Waals surface area (Å²) < 4.78 is 0. The van der Waals surface area contributed by atoms with Crippen LogP contribution in [0.3, 0.4) is 0 Å². The molecule has 0 fully saturated rings. The Morgan fingerprint density at radius 1 is 1.00 bits per heavy atom. The summed E-state index contributed by atoms with van der Waals surface area (Å²) in [7, 11) is 0. The first-order valence-corrected chi connectivity index (χ1v) is 5.35. The van der Waals surface area contributed by atoms with Crippen LogP contribution in [0.25, 0.3) is 0 Å². The van der Waals surface area contributed by atoms with E-state index in [0.717, 1.165) is 11.8 Å². The van der Waals surface area contributed by atoms with E-state index < -0.39 is 0 Å². The fourth-order valence-electron chi connectivity index (χ4n) is 1.09. The van der Waals surface area contributed by atoms with E-state index in [0.29, 0.717) is 6.04 Å². The monoisotopic (exact) mass is 171 g/mol. The largest absolute Gasteiger partial charge is 0.314 e. The molecular formula is C11H25N. The highest BCUT2D eigenvalue weighted by molar-refractivity contribution is 4.68. The van der Waals surface area contributed by atoms with Crippen molar-refractivity contribution in [2.75, 3.05) is 6.54 Å². The van der Waals surface area contributed by atoms with Crippen LogP contribution in [0.15, 0.2) is 0 Å². The van der Waals surface area contributed by atoms with Gasteiger partial charge in [0.2, 0.25) is 0 Å². The Hall–Kier alpha value is -0.0400. The first-order valence-electron chi connectivity index (χ1n) is 5.35. The third-order valence-corrected chi connectivity index (χ3v) is 2.98. The van der Waals surface area contributed by atoms with Gasteiger partial charge in [0.05, 0.1) is 0 Å². The minimum Gasteiger partial charge on any atom is -0.314 e. The maximum Gasteiger partial charge on any atom is 0.00643 e. The molecule has 0 aliphatic heterocycles. The van der Waals surface area contributed by atoms with Gasteiger partial charge in [-0.25, -0.2) is 0 Å². The van der Waals surface area contributed by atoms with Crippen molar-refractivity contribution in [2.24, 2.45) is 11.8 Å². The van der Waals surface area contributed by atoms with Crippen LogP contribution in [0.5, 0.6) is 0 Å². The Morgan fingerprint density at radius 3 is 2.00 bits per heavy atom. The number of nitrogens with one attached hydrogen (secondary N) is 1. The second-order valence-corrected chi connectivity index (χ2v) is 4.10. The molecule has 12 heavy (non-hydrogen) atoms. The van der Waals surface area contributed by atoms with Gasteiger partial charge in [-0.2, -0.15) is 0 Å². The van der Waals surface area contributed by atoms with Crippen LogP contribution in [-0.4, -0.2) is 12.6 Å². The number of rotatable bonds is 6. The highest BCUT2D eigenvalue weighted by Crippen LogP contribution is 2.07. The summed E-state index contributed by atoms with van der Waals surface area (Å²) in [5.41, 5.74) is 0. The Kier molecular flexibility index (Phi) is 6.45. The van der Waals surface area contributed by atoms with E-state index in [2.05, 4.69) is 39.9 Å². The van der Waals surface area contributed by atoms with Crippen LogP contribution in [0.4, 0.5) is 0 Å². The fraction of sp³-hybridized carbons (Fsp3) is 1.00. The molecule has 0 bridgehead atoms. The second-order valence-electron chi connectivity index (χ2n) is 4.10. The highest BCUT2D eigenvalue weighted by Gasteiger charge is 2.09. The van der Waals surface area contributed by atoms with Crippen LogP contribution in [0.1, 0.15) is 47.5 Å². The van der Waals surface area contributed by atoms with E-state index >= 15 is 0 Å². The zero-order valence-corrected chi connectivity index (χ0v) is 9.35. The molecule has 2 unspecified atom stereocenters. The normalized spacial score (nSPS) is 18.8.